The molecule has 394 valence electrons. The van der Waals surface area contributed by atoms with Gasteiger partial charge in [0.05, 0.1) is 35.5 Å². The molecule has 4 unspecified atom stereocenters. The van der Waals surface area contributed by atoms with Gasteiger partial charge in [-0.05, 0) is 128 Å². The molecule has 0 radical (unpaired) electrons. The molecule has 0 spiro atoms. The molecule has 0 aromatic heterocycles. The molecule has 7 N–H and O–H groups in total. The highest BCUT2D eigenvalue weighted by Gasteiger charge is 2.72. The van der Waals surface area contributed by atoms with Crippen LogP contribution in [-0.4, -0.2) is 86.0 Å². The predicted octanol–water partition coefficient (Wildman–Crippen LogP) is 6.31. The van der Waals surface area contributed by atoms with Crippen molar-refractivity contribution in [2.24, 2.45) is 52.9 Å². The Bertz CT molecular complexity index is 2420. The van der Waals surface area contributed by atoms with E-state index in [0.717, 1.165) is 58.0 Å². The number of carbonyl (C=O) groups is 8. The van der Waals surface area contributed by atoms with E-state index in [1.54, 1.807) is 0 Å². The number of carbonyl (C=O) groups excluding carboxylic acids is 7. The highest BCUT2D eigenvalue weighted by atomic mass is 16.6. The number of carboxylic acid groups (broad SMARTS) is 1. The number of aliphatic carboxylic acids is 1. The summed E-state index contributed by atoms with van der Waals surface area (Å²) in [5.74, 6) is -11.7. The number of aryl methyl sites for hydroxylation is 4. The van der Waals surface area contributed by atoms with Gasteiger partial charge in [0.15, 0.2) is 0 Å². The van der Waals surface area contributed by atoms with Crippen LogP contribution in [0.3, 0.4) is 0 Å². The van der Waals surface area contributed by atoms with Crippen LogP contribution in [0.5, 0.6) is 0 Å². The summed E-state index contributed by atoms with van der Waals surface area (Å²) in [7, 11) is 1.39. The number of hydrogen-bond donors (Lipinski definition) is 5. The molecule has 2 aliphatic carbocycles. The van der Waals surface area contributed by atoms with Crippen LogP contribution in [0, 0.1) is 41.4 Å². The van der Waals surface area contributed by atoms with Crippen molar-refractivity contribution in [1.29, 1.82) is 0 Å². The van der Waals surface area contributed by atoms with E-state index in [4.69, 9.17) is 16.2 Å². The van der Waals surface area contributed by atoms with Gasteiger partial charge in [-0.3, -0.25) is 38.4 Å². The summed E-state index contributed by atoms with van der Waals surface area (Å²) in [5.41, 5.74) is 21.4. The summed E-state index contributed by atoms with van der Waals surface area (Å²) >= 11 is 0. The normalized spacial score (nSPS) is 21.9. The predicted molar refractivity (Wildman–Crippen MR) is 276 cm³/mol. The van der Waals surface area contributed by atoms with Gasteiger partial charge in [0, 0.05) is 13.6 Å². The third-order valence-electron chi connectivity index (χ3n) is 14.5. The second-order valence-corrected chi connectivity index (χ2v) is 19.3. The molecule has 2 heterocycles. The van der Waals surface area contributed by atoms with E-state index in [1.807, 2.05) is 0 Å². The Hall–Kier alpha value is -7.04. The smallest absolute Gasteiger partial charge is 0.318 e. The Labute approximate surface area is 432 Å². The van der Waals surface area contributed by atoms with Crippen LogP contribution >= 0.6 is 0 Å². The maximum absolute atomic E-state index is 12.7. The second-order valence-electron chi connectivity index (χ2n) is 19.3. The van der Waals surface area contributed by atoms with Crippen LogP contribution in [-0.2, 0) is 78.3 Å². The van der Waals surface area contributed by atoms with Crippen molar-refractivity contribution in [2.45, 2.75) is 96.5 Å². The molecule has 2 aliphatic heterocycles. The maximum Gasteiger partial charge on any atom is 0.318 e. The van der Waals surface area contributed by atoms with Crippen LogP contribution in [0.25, 0.3) is 22.3 Å². The average Bonchev–Trinajstić information content (AvgIpc) is 3.77. The van der Waals surface area contributed by atoms with Crippen LogP contribution < -0.4 is 22.1 Å². The summed E-state index contributed by atoms with van der Waals surface area (Å²) in [4.78, 5) is 91.6. The van der Waals surface area contributed by atoms with Crippen LogP contribution in [0.4, 0.5) is 0 Å². The topological polar surface area (TPSA) is 261 Å². The fourth-order valence-electron chi connectivity index (χ4n) is 10.2. The molecule has 74 heavy (non-hydrogen) atoms. The summed E-state index contributed by atoms with van der Waals surface area (Å²) in [5, 5.41) is 14.7. The number of nitrogens with two attached hydrogens (primary N) is 2. The number of esters is 4. The van der Waals surface area contributed by atoms with Gasteiger partial charge in [-0.25, -0.2) is 0 Å². The molecule has 4 aromatic rings. The fourth-order valence-corrected chi connectivity index (χ4v) is 10.2. The molecule has 4 aliphatic rings. The number of rotatable bonds is 24. The average molecular weight is 1020 g/mol. The molecule has 2 saturated heterocycles. The van der Waals surface area contributed by atoms with E-state index < -0.39 is 89.2 Å². The van der Waals surface area contributed by atoms with Crippen LogP contribution in [0.2, 0.25) is 0 Å². The molecule has 0 bridgehead atoms. The van der Waals surface area contributed by atoms with E-state index in [9.17, 15) is 43.5 Å². The lowest BCUT2D eigenvalue weighted by Crippen LogP contribution is -2.65. The minimum Gasteiger partial charge on any atom is -0.481 e. The fraction of sp³-hybridized carbons (Fsp3) is 0.448. The number of amides is 2. The number of benzene rings is 4. The maximum atomic E-state index is 12.7. The molecule has 4 atom stereocenters. The number of cyclic esters (lactones) is 4. The minimum absolute atomic E-state index is 0.113. The Morgan fingerprint density at radius 1 is 0.527 bits per heavy atom. The zero-order valence-electron chi connectivity index (χ0n) is 42.3. The van der Waals surface area contributed by atoms with E-state index in [2.05, 4.69) is 124 Å². The van der Waals surface area contributed by atoms with Crippen molar-refractivity contribution in [1.82, 2.24) is 10.6 Å². The quantitative estimate of drug-likeness (QED) is 0.0170. The van der Waals surface area contributed by atoms with Gasteiger partial charge in [-0.2, -0.15) is 0 Å². The largest absolute Gasteiger partial charge is 0.481 e. The Morgan fingerprint density at radius 2 is 0.878 bits per heavy atom. The molecule has 2 saturated carbocycles. The third kappa shape index (κ3) is 14.2. The summed E-state index contributed by atoms with van der Waals surface area (Å²) in [6, 6.07) is 35.1. The van der Waals surface area contributed by atoms with Gasteiger partial charge < -0.3 is 41.4 Å². The van der Waals surface area contributed by atoms with Crippen molar-refractivity contribution >= 4 is 48.1 Å². The van der Waals surface area contributed by atoms with Gasteiger partial charge in [0.1, 0.15) is 12.0 Å². The number of ether oxygens (including phenoxy) is 3. The minimum atomic E-state index is -1.27. The van der Waals surface area contributed by atoms with Crippen molar-refractivity contribution in [3.8, 4) is 22.3 Å². The number of hydrogen-bond acceptors (Lipinski definition) is 13. The lowest BCUT2D eigenvalue weighted by atomic mass is 9.59. The number of fused-ring (bicyclic) bond motifs is 4. The standard InChI is InChI=1S/C30H38N2O6.C20H28N2.C8H4O6/c1-3-4-5-8-20-10-14-22(15-11-20)23-16-12-21(13-17-23)9-6-7-18-32-29(35)24-25(28(34)31-2)27(38-19-33)26(24)30(36)37;21-15-3-1-5-17-7-11-19(12-8-17)20-13-9-18(10-14-20)6-2-4-16-22;9-5-1-2(6(10)13-5)4-3(1)7(11)14-8(4)12/h10-17,19,24-27H,3-9,18H2,1-2H3,(H,31,34)(H,32,35)(H,36,37);7-14H,1-6,15-16,21-22H2;1-4H. The van der Waals surface area contributed by atoms with Gasteiger partial charge in [-0.1, -0.05) is 117 Å². The first-order chi connectivity index (χ1) is 35.8. The number of nitrogens with one attached hydrogen (secondary N) is 2. The number of carboxylic acids is 1. The Kier molecular flexibility index (Phi) is 21.2. The Morgan fingerprint density at radius 3 is 1.19 bits per heavy atom. The van der Waals surface area contributed by atoms with Gasteiger partial charge in [0.25, 0.3) is 6.47 Å². The lowest BCUT2D eigenvalue weighted by molar-refractivity contribution is -0.188. The highest BCUT2D eigenvalue weighted by Crippen LogP contribution is 2.55. The van der Waals surface area contributed by atoms with Crippen molar-refractivity contribution < 1.29 is 57.7 Å². The molecule has 4 fully saturated rings. The monoisotopic (exact) mass is 1010 g/mol. The second kappa shape index (κ2) is 27.9. The molecular formula is C58H70N4O12. The zero-order chi connectivity index (χ0) is 53.1. The highest BCUT2D eigenvalue weighted by molar-refractivity contribution is 6.10. The summed E-state index contributed by atoms with van der Waals surface area (Å²) < 4.78 is 13.5. The first-order valence-corrected chi connectivity index (χ1v) is 25.9. The van der Waals surface area contributed by atoms with E-state index in [0.29, 0.717) is 13.0 Å². The van der Waals surface area contributed by atoms with E-state index >= 15 is 0 Å². The van der Waals surface area contributed by atoms with Gasteiger partial charge in [-0.15, -0.1) is 0 Å². The van der Waals surface area contributed by atoms with Gasteiger partial charge in [0.2, 0.25) is 11.8 Å². The molecule has 4 aromatic carbocycles. The summed E-state index contributed by atoms with van der Waals surface area (Å²) in [6.45, 7) is 4.27. The van der Waals surface area contributed by atoms with Crippen LogP contribution in [0.1, 0.15) is 87.0 Å². The first kappa shape index (κ1) is 56.3. The zero-order valence-corrected chi connectivity index (χ0v) is 42.3. The first-order valence-electron chi connectivity index (χ1n) is 25.9. The van der Waals surface area contributed by atoms with E-state index in [-0.39, 0.29) is 6.47 Å². The molecule has 16 nitrogen and oxygen atoms in total. The number of unbranched alkanes of at least 4 members (excludes halogenated alkanes) is 5. The SMILES string of the molecule is CCCCCc1ccc(-c2ccc(CCCCNC(=O)C3C(C(=O)O)C(OC=O)C3C(=O)NC)cc2)cc1.NCCCCc1ccc(-c2ccc(CCCCN)cc2)cc1.O=C1OC(=O)C2C1C1C(=O)OC(=O)C21. The van der Waals surface area contributed by atoms with Gasteiger partial charge >= 0.3 is 29.8 Å². The van der Waals surface area contributed by atoms with Crippen molar-refractivity contribution in [2.75, 3.05) is 26.7 Å². The molecule has 16 heteroatoms. The van der Waals surface area contributed by atoms with Crippen molar-refractivity contribution in [3.05, 3.63) is 119 Å². The molecule has 8 rings (SSSR count). The third-order valence-corrected chi connectivity index (χ3v) is 14.5. The molecule has 2 amide bonds. The van der Waals surface area contributed by atoms with Crippen LogP contribution in [0.15, 0.2) is 97.1 Å². The van der Waals surface area contributed by atoms with Crippen molar-refractivity contribution in [3.63, 3.8) is 0 Å². The summed E-state index contributed by atoms with van der Waals surface area (Å²) in [6.07, 6.45) is 12.9. The molecular weight excluding hydrogens is 945 g/mol. The van der Waals surface area contributed by atoms with E-state index in [1.165, 1.54) is 83.7 Å². The Balaban J connectivity index is 0.000000205. The lowest BCUT2D eigenvalue weighted by Gasteiger charge is -2.45.